The summed E-state index contributed by atoms with van der Waals surface area (Å²) in [6, 6.07) is 9.11. The first-order chi connectivity index (χ1) is 12.8. The van der Waals surface area contributed by atoms with Gasteiger partial charge < -0.3 is 10.2 Å². The van der Waals surface area contributed by atoms with Crippen molar-refractivity contribution >= 4 is 33.7 Å². The summed E-state index contributed by atoms with van der Waals surface area (Å²) in [6.45, 7) is 5.42. The smallest absolute Gasteiger partial charge is 0.193 e. The van der Waals surface area contributed by atoms with Gasteiger partial charge in [-0.25, -0.2) is 0 Å². The number of hydrogen-bond donors (Lipinski definition) is 1. The molecule has 0 aromatic heterocycles. The van der Waals surface area contributed by atoms with E-state index in [9.17, 15) is 0 Å². The zero-order chi connectivity index (χ0) is 18.2. The van der Waals surface area contributed by atoms with Gasteiger partial charge in [0.15, 0.2) is 5.96 Å². The average Bonchev–Trinajstić information content (AvgIpc) is 3.34. The molecular weight excluding hydrogens is 408 g/mol. The van der Waals surface area contributed by atoms with Gasteiger partial charge in [-0.1, -0.05) is 24.3 Å². The van der Waals surface area contributed by atoms with Crippen LogP contribution in [0.25, 0.3) is 0 Å². The van der Waals surface area contributed by atoms with Gasteiger partial charge in [-0.2, -0.15) is 0 Å². The van der Waals surface area contributed by atoms with Crippen LogP contribution in [-0.2, 0) is 0 Å². The average molecular weight is 437 g/mol. The lowest BCUT2D eigenvalue weighted by Gasteiger charge is -2.25. The van der Waals surface area contributed by atoms with Crippen molar-refractivity contribution in [2.75, 3.05) is 45.5 Å². The highest BCUT2D eigenvalue weighted by Crippen LogP contribution is 2.27. The summed E-state index contributed by atoms with van der Waals surface area (Å²) >= 11 is 5.54. The number of nitrogens with one attached hydrogen (secondary N) is 1. The van der Waals surface area contributed by atoms with Gasteiger partial charge in [-0.3, -0.25) is 9.89 Å². The molecule has 1 saturated heterocycles. The molecule has 0 spiro atoms. The molecule has 0 bridgehead atoms. The van der Waals surface area contributed by atoms with Crippen LogP contribution in [-0.4, -0.2) is 67.3 Å². The van der Waals surface area contributed by atoms with Gasteiger partial charge in [0.05, 0.1) is 0 Å². The quantitative estimate of drug-likeness (QED) is 0.231. The van der Waals surface area contributed by atoms with E-state index in [4.69, 9.17) is 0 Å². The zero-order valence-electron chi connectivity index (χ0n) is 15.5. The van der Waals surface area contributed by atoms with Gasteiger partial charge in [0.2, 0.25) is 0 Å². The number of halogens is 1. The molecule has 1 unspecified atom stereocenters. The Balaban J connectivity index is 1.31. The first-order valence-corrected chi connectivity index (χ1v) is 11.3. The van der Waals surface area contributed by atoms with Crippen molar-refractivity contribution < 1.29 is 0 Å². The maximum absolute atomic E-state index is 4.49. The molecule has 2 heterocycles. The molecule has 0 radical (unpaired) electrons. The highest BCUT2D eigenvalue weighted by Gasteiger charge is 2.29. The molecule has 1 aromatic carbocycles. The van der Waals surface area contributed by atoms with Gasteiger partial charge in [-0.15, -0.1) is 11.8 Å². The van der Waals surface area contributed by atoms with Gasteiger partial charge in [0.25, 0.3) is 0 Å². The van der Waals surface area contributed by atoms with Crippen molar-refractivity contribution in [2.45, 2.75) is 30.2 Å². The number of aliphatic imine (C=N–C) groups is 1. The van der Waals surface area contributed by atoms with Crippen LogP contribution in [0.3, 0.4) is 0 Å². The summed E-state index contributed by atoms with van der Waals surface area (Å²) < 4.78 is 1.19. The standard InChI is InChI=1S/C20H29BrN4S/c1-22-20(25-14-10-17(16-25)24-12-5-6-13-24)23-11-4-7-15-26-19-9-3-2-8-18(19)21/h2-3,5-6,8-9,17H,4,7,10-16H2,1H3,(H,22,23). The number of rotatable bonds is 7. The molecule has 1 N–H and O–H groups in total. The molecule has 6 heteroatoms. The Morgan fingerprint density at radius 1 is 1.27 bits per heavy atom. The highest BCUT2D eigenvalue weighted by molar-refractivity contribution is 9.10. The Kier molecular flexibility index (Phi) is 7.89. The van der Waals surface area contributed by atoms with E-state index in [0.717, 1.165) is 44.4 Å². The van der Waals surface area contributed by atoms with Crippen molar-refractivity contribution in [3.05, 3.63) is 40.9 Å². The second kappa shape index (κ2) is 10.4. The first kappa shape index (κ1) is 19.8. The van der Waals surface area contributed by atoms with Crippen molar-refractivity contribution in [1.82, 2.24) is 15.1 Å². The molecule has 0 amide bonds. The monoisotopic (exact) mass is 436 g/mol. The molecule has 1 aromatic rings. The number of unbranched alkanes of at least 4 members (excludes halogenated alkanes) is 1. The van der Waals surface area contributed by atoms with E-state index < -0.39 is 0 Å². The van der Waals surface area contributed by atoms with Crippen molar-refractivity contribution in [1.29, 1.82) is 0 Å². The predicted molar refractivity (Wildman–Crippen MR) is 116 cm³/mol. The van der Waals surface area contributed by atoms with Crippen LogP contribution in [0.1, 0.15) is 19.3 Å². The van der Waals surface area contributed by atoms with E-state index in [1.54, 1.807) is 0 Å². The van der Waals surface area contributed by atoms with Gasteiger partial charge >= 0.3 is 0 Å². The van der Waals surface area contributed by atoms with E-state index in [1.165, 1.54) is 28.6 Å². The third-order valence-electron chi connectivity index (χ3n) is 4.99. The molecule has 142 valence electrons. The number of hydrogen-bond acceptors (Lipinski definition) is 3. The number of benzene rings is 1. The highest BCUT2D eigenvalue weighted by atomic mass is 79.9. The predicted octanol–water partition coefficient (Wildman–Crippen LogP) is 3.84. The van der Waals surface area contributed by atoms with E-state index in [1.807, 2.05) is 18.8 Å². The molecular formula is C20H29BrN4S. The van der Waals surface area contributed by atoms with Crippen molar-refractivity contribution in [3.63, 3.8) is 0 Å². The van der Waals surface area contributed by atoms with Crippen LogP contribution >= 0.6 is 27.7 Å². The largest absolute Gasteiger partial charge is 0.356 e. The van der Waals surface area contributed by atoms with Crippen LogP contribution in [0, 0.1) is 0 Å². The molecule has 0 aliphatic carbocycles. The molecule has 3 rings (SSSR count). The SMILES string of the molecule is CN=C(NCCCCSc1ccccc1Br)N1CCC(N2CC=CC2)C1. The lowest BCUT2D eigenvalue weighted by molar-refractivity contribution is 0.259. The third-order valence-corrected chi connectivity index (χ3v) is 7.10. The number of likely N-dealkylation sites (tertiary alicyclic amines) is 1. The third kappa shape index (κ3) is 5.51. The van der Waals surface area contributed by atoms with Gasteiger partial charge in [0, 0.05) is 55.2 Å². The zero-order valence-corrected chi connectivity index (χ0v) is 17.9. The molecule has 2 aliphatic heterocycles. The second-order valence-electron chi connectivity index (χ2n) is 6.77. The van der Waals surface area contributed by atoms with Crippen LogP contribution in [0.15, 0.2) is 50.8 Å². The van der Waals surface area contributed by atoms with E-state index in [2.05, 4.69) is 72.5 Å². The van der Waals surface area contributed by atoms with Crippen LogP contribution in [0.4, 0.5) is 0 Å². The summed E-state index contributed by atoms with van der Waals surface area (Å²) in [7, 11) is 1.90. The number of guanidine groups is 1. The van der Waals surface area contributed by atoms with Crippen molar-refractivity contribution in [2.24, 2.45) is 4.99 Å². The molecule has 4 nitrogen and oxygen atoms in total. The Morgan fingerprint density at radius 3 is 2.85 bits per heavy atom. The molecule has 1 fully saturated rings. The molecule has 2 aliphatic rings. The minimum absolute atomic E-state index is 0.671. The Morgan fingerprint density at radius 2 is 2.08 bits per heavy atom. The van der Waals surface area contributed by atoms with E-state index in [-0.39, 0.29) is 0 Å². The molecule has 1 atom stereocenters. The van der Waals surface area contributed by atoms with Crippen molar-refractivity contribution in [3.8, 4) is 0 Å². The lowest BCUT2D eigenvalue weighted by atomic mass is 10.2. The molecule has 0 saturated carbocycles. The summed E-state index contributed by atoms with van der Waals surface area (Å²) in [5.41, 5.74) is 0. The van der Waals surface area contributed by atoms with Crippen LogP contribution in [0.2, 0.25) is 0 Å². The lowest BCUT2D eigenvalue weighted by Crippen LogP contribution is -2.43. The minimum Gasteiger partial charge on any atom is -0.356 e. The Hall–Kier alpha value is -0.980. The summed E-state index contributed by atoms with van der Waals surface area (Å²) in [5.74, 6) is 2.22. The summed E-state index contributed by atoms with van der Waals surface area (Å²) in [5, 5.41) is 3.56. The van der Waals surface area contributed by atoms with Gasteiger partial charge in [-0.05, 0) is 53.1 Å². The normalized spacial score (nSPS) is 20.9. The fourth-order valence-corrected chi connectivity index (χ4v) is 5.11. The van der Waals surface area contributed by atoms with Gasteiger partial charge in [0.1, 0.15) is 0 Å². The fourth-order valence-electron chi connectivity index (χ4n) is 3.53. The number of nitrogens with zero attached hydrogens (tertiary/aromatic N) is 3. The Labute approximate surface area is 170 Å². The Bertz CT molecular complexity index is 626. The minimum atomic E-state index is 0.671. The summed E-state index contributed by atoms with van der Waals surface area (Å²) in [6.07, 6.45) is 8.18. The maximum atomic E-state index is 4.49. The first-order valence-electron chi connectivity index (χ1n) is 9.50. The summed E-state index contributed by atoms with van der Waals surface area (Å²) in [4.78, 5) is 10.8. The maximum Gasteiger partial charge on any atom is 0.193 e. The topological polar surface area (TPSA) is 30.9 Å². The second-order valence-corrected chi connectivity index (χ2v) is 8.76. The molecule has 26 heavy (non-hydrogen) atoms. The van der Waals surface area contributed by atoms with E-state index >= 15 is 0 Å². The van der Waals surface area contributed by atoms with Crippen LogP contribution < -0.4 is 5.32 Å². The number of thioether (sulfide) groups is 1. The van der Waals surface area contributed by atoms with E-state index in [0.29, 0.717) is 6.04 Å². The van der Waals surface area contributed by atoms with Crippen LogP contribution in [0.5, 0.6) is 0 Å². The fraction of sp³-hybridized carbons (Fsp3) is 0.550.